The number of rotatable bonds is 8. The van der Waals surface area contributed by atoms with E-state index in [1.54, 1.807) is 6.26 Å². The Bertz CT molecular complexity index is 899. The van der Waals surface area contributed by atoms with Gasteiger partial charge in [-0.15, -0.1) is 10.2 Å². The number of hydrogen-bond donors (Lipinski definition) is 1. The standard InChI is InChI=1S/C20H24N4O2S/c1-4-5-6-15-7-9-16(10-8-15)21-18(25)13-27-20-23-22-19(24(20)3)17-11-12-26-14(17)2/h7-12H,4-6,13H2,1-3H3,(H,21,25). The molecule has 0 bridgehead atoms. The van der Waals surface area contributed by atoms with Gasteiger partial charge in [-0.05, 0) is 43.5 Å². The highest BCUT2D eigenvalue weighted by atomic mass is 32.2. The van der Waals surface area contributed by atoms with E-state index in [4.69, 9.17) is 4.42 Å². The van der Waals surface area contributed by atoms with Crippen molar-refractivity contribution in [1.29, 1.82) is 0 Å². The van der Waals surface area contributed by atoms with E-state index in [0.717, 1.165) is 29.3 Å². The van der Waals surface area contributed by atoms with Crippen LogP contribution in [0.2, 0.25) is 0 Å². The average molecular weight is 385 g/mol. The Morgan fingerprint density at radius 2 is 2.00 bits per heavy atom. The van der Waals surface area contributed by atoms with Crippen LogP contribution in [0.15, 0.2) is 46.2 Å². The van der Waals surface area contributed by atoms with Crippen molar-refractivity contribution < 1.29 is 9.21 Å². The number of hydrogen-bond acceptors (Lipinski definition) is 5. The number of furan rings is 1. The third-order valence-electron chi connectivity index (χ3n) is 4.32. The number of aromatic nitrogens is 3. The number of aryl methyl sites for hydroxylation is 2. The second-order valence-corrected chi connectivity index (χ2v) is 7.34. The lowest BCUT2D eigenvalue weighted by Gasteiger charge is -2.07. The molecule has 142 valence electrons. The summed E-state index contributed by atoms with van der Waals surface area (Å²) in [5.41, 5.74) is 3.02. The topological polar surface area (TPSA) is 73.0 Å². The summed E-state index contributed by atoms with van der Waals surface area (Å²) >= 11 is 1.36. The van der Waals surface area contributed by atoms with Gasteiger partial charge < -0.3 is 14.3 Å². The Hall–Kier alpha value is -2.54. The first-order valence-electron chi connectivity index (χ1n) is 9.04. The maximum absolute atomic E-state index is 12.2. The van der Waals surface area contributed by atoms with Crippen LogP contribution in [0.1, 0.15) is 31.1 Å². The van der Waals surface area contributed by atoms with Gasteiger partial charge in [0, 0.05) is 12.7 Å². The van der Waals surface area contributed by atoms with Crippen LogP contribution in [0.25, 0.3) is 11.4 Å². The lowest BCUT2D eigenvalue weighted by molar-refractivity contribution is -0.113. The van der Waals surface area contributed by atoms with Crippen LogP contribution in [0.3, 0.4) is 0 Å². The molecule has 0 radical (unpaired) electrons. The molecule has 0 unspecified atom stereocenters. The molecule has 1 aromatic carbocycles. The third kappa shape index (κ3) is 4.80. The minimum atomic E-state index is -0.0645. The summed E-state index contributed by atoms with van der Waals surface area (Å²) in [5.74, 6) is 1.73. The molecule has 6 nitrogen and oxygen atoms in total. The molecule has 27 heavy (non-hydrogen) atoms. The molecule has 0 atom stereocenters. The van der Waals surface area contributed by atoms with E-state index in [0.29, 0.717) is 5.16 Å². The maximum Gasteiger partial charge on any atom is 0.234 e. The van der Waals surface area contributed by atoms with Crippen molar-refractivity contribution in [3.8, 4) is 11.4 Å². The fraction of sp³-hybridized carbons (Fsp3) is 0.350. The van der Waals surface area contributed by atoms with Gasteiger partial charge in [0.05, 0.1) is 17.6 Å². The lowest BCUT2D eigenvalue weighted by atomic mass is 10.1. The minimum absolute atomic E-state index is 0.0645. The van der Waals surface area contributed by atoms with E-state index in [1.807, 2.05) is 36.7 Å². The first kappa shape index (κ1) is 19.2. The molecular weight excluding hydrogens is 360 g/mol. The second kappa shape index (κ2) is 8.90. The van der Waals surface area contributed by atoms with Crippen molar-refractivity contribution in [2.24, 2.45) is 7.05 Å². The number of benzene rings is 1. The van der Waals surface area contributed by atoms with Crippen LogP contribution in [-0.4, -0.2) is 26.4 Å². The highest BCUT2D eigenvalue weighted by Gasteiger charge is 2.15. The summed E-state index contributed by atoms with van der Waals surface area (Å²) in [6.07, 6.45) is 5.07. The van der Waals surface area contributed by atoms with E-state index in [2.05, 4.69) is 34.6 Å². The lowest BCUT2D eigenvalue weighted by Crippen LogP contribution is -2.14. The Morgan fingerprint density at radius 1 is 1.22 bits per heavy atom. The molecule has 0 aliphatic rings. The van der Waals surface area contributed by atoms with Crippen molar-refractivity contribution >= 4 is 23.4 Å². The van der Waals surface area contributed by atoms with Crippen LogP contribution in [-0.2, 0) is 18.3 Å². The van der Waals surface area contributed by atoms with Crippen LogP contribution in [0.4, 0.5) is 5.69 Å². The number of anilines is 1. The predicted molar refractivity (Wildman–Crippen MR) is 108 cm³/mol. The predicted octanol–water partition coefficient (Wildman–Crippen LogP) is 4.46. The van der Waals surface area contributed by atoms with Crippen molar-refractivity contribution in [3.05, 3.63) is 47.9 Å². The molecule has 0 aliphatic carbocycles. The van der Waals surface area contributed by atoms with Crippen molar-refractivity contribution in [2.75, 3.05) is 11.1 Å². The quantitative estimate of drug-likeness (QED) is 0.581. The molecule has 2 heterocycles. The first-order chi connectivity index (χ1) is 13.1. The van der Waals surface area contributed by atoms with E-state index >= 15 is 0 Å². The Kier molecular flexibility index (Phi) is 6.34. The zero-order chi connectivity index (χ0) is 19.2. The SMILES string of the molecule is CCCCc1ccc(NC(=O)CSc2nnc(-c3ccoc3C)n2C)cc1. The van der Waals surface area contributed by atoms with Crippen molar-refractivity contribution in [3.63, 3.8) is 0 Å². The zero-order valence-electron chi connectivity index (χ0n) is 15.9. The number of nitrogens with zero attached hydrogens (tertiary/aromatic N) is 3. The number of carbonyl (C=O) groups is 1. The molecule has 2 aromatic heterocycles. The van der Waals surface area contributed by atoms with E-state index < -0.39 is 0 Å². The minimum Gasteiger partial charge on any atom is -0.469 e. The molecule has 0 saturated heterocycles. The van der Waals surface area contributed by atoms with Gasteiger partial charge in [0.15, 0.2) is 11.0 Å². The van der Waals surface area contributed by atoms with Gasteiger partial charge in [-0.25, -0.2) is 0 Å². The van der Waals surface area contributed by atoms with Crippen LogP contribution >= 0.6 is 11.8 Å². The van der Waals surface area contributed by atoms with Crippen molar-refractivity contribution in [1.82, 2.24) is 14.8 Å². The van der Waals surface area contributed by atoms with Gasteiger partial charge in [-0.1, -0.05) is 37.2 Å². The summed E-state index contributed by atoms with van der Waals surface area (Å²) < 4.78 is 7.20. The summed E-state index contributed by atoms with van der Waals surface area (Å²) in [5, 5.41) is 12.0. The average Bonchev–Trinajstić information content (AvgIpc) is 3.24. The third-order valence-corrected chi connectivity index (χ3v) is 5.34. The smallest absolute Gasteiger partial charge is 0.234 e. The molecule has 3 rings (SSSR count). The Morgan fingerprint density at radius 3 is 2.67 bits per heavy atom. The highest BCUT2D eigenvalue weighted by Crippen LogP contribution is 2.25. The van der Waals surface area contributed by atoms with E-state index in [1.165, 1.54) is 30.2 Å². The molecule has 7 heteroatoms. The molecule has 1 amide bonds. The number of unbranched alkanes of at least 4 members (excludes halogenated alkanes) is 1. The molecule has 3 aromatic rings. The molecule has 0 spiro atoms. The van der Waals surface area contributed by atoms with E-state index in [-0.39, 0.29) is 11.7 Å². The fourth-order valence-corrected chi connectivity index (χ4v) is 3.47. The molecule has 1 N–H and O–H groups in total. The van der Waals surface area contributed by atoms with Gasteiger partial charge in [0.1, 0.15) is 5.76 Å². The summed E-state index contributed by atoms with van der Waals surface area (Å²) in [7, 11) is 1.89. The van der Waals surface area contributed by atoms with Gasteiger partial charge in [0.25, 0.3) is 0 Å². The van der Waals surface area contributed by atoms with Gasteiger partial charge >= 0.3 is 0 Å². The maximum atomic E-state index is 12.2. The van der Waals surface area contributed by atoms with Crippen LogP contribution in [0, 0.1) is 6.92 Å². The summed E-state index contributed by atoms with van der Waals surface area (Å²) in [6.45, 7) is 4.07. The number of thioether (sulfide) groups is 1. The van der Waals surface area contributed by atoms with Gasteiger partial charge in [-0.3, -0.25) is 4.79 Å². The number of nitrogens with one attached hydrogen (secondary N) is 1. The molecule has 0 fully saturated rings. The summed E-state index contributed by atoms with van der Waals surface area (Å²) in [4.78, 5) is 12.2. The molecule has 0 saturated carbocycles. The largest absolute Gasteiger partial charge is 0.469 e. The highest BCUT2D eigenvalue weighted by molar-refractivity contribution is 7.99. The Balaban J connectivity index is 1.55. The second-order valence-electron chi connectivity index (χ2n) is 6.39. The van der Waals surface area contributed by atoms with E-state index in [9.17, 15) is 4.79 Å². The number of carbonyl (C=O) groups excluding carboxylic acids is 1. The molecular formula is C20H24N4O2S. The normalized spacial score (nSPS) is 10.9. The van der Waals surface area contributed by atoms with Gasteiger partial charge in [0.2, 0.25) is 5.91 Å². The molecule has 0 aliphatic heterocycles. The zero-order valence-corrected chi connectivity index (χ0v) is 16.7. The number of amides is 1. The summed E-state index contributed by atoms with van der Waals surface area (Å²) in [6, 6.07) is 9.91. The fourth-order valence-electron chi connectivity index (χ4n) is 2.75. The van der Waals surface area contributed by atoms with Crippen molar-refractivity contribution in [2.45, 2.75) is 38.3 Å². The first-order valence-corrected chi connectivity index (χ1v) is 10.0. The van der Waals surface area contributed by atoms with Crippen LogP contribution < -0.4 is 5.32 Å². The van der Waals surface area contributed by atoms with Crippen LogP contribution in [0.5, 0.6) is 0 Å². The monoisotopic (exact) mass is 384 g/mol. The van der Waals surface area contributed by atoms with Gasteiger partial charge in [-0.2, -0.15) is 0 Å². The Labute approximate surface area is 163 Å².